The highest BCUT2D eigenvalue weighted by Gasteiger charge is 2.53. The molecule has 8 heteroatoms. The van der Waals surface area contributed by atoms with Gasteiger partial charge in [0.15, 0.2) is 5.78 Å². The number of alkyl halides is 3. The number of halogens is 4. The number of hydrogen-bond donors (Lipinski definition) is 0. The first-order valence-corrected chi connectivity index (χ1v) is 8.23. The number of hydrogen-bond acceptors (Lipinski definition) is 3. The highest BCUT2D eigenvalue weighted by molar-refractivity contribution is 6.04. The summed E-state index contributed by atoms with van der Waals surface area (Å²) in [5.41, 5.74) is -3.82. The predicted molar refractivity (Wildman–Crippen MR) is 86.8 cm³/mol. The lowest BCUT2D eigenvalue weighted by molar-refractivity contribution is -0.138. The van der Waals surface area contributed by atoms with Gasteiger partial charge in [-0.25, -0.2) is 4.39 Å². The van der Waals surface area contributed by atoms with Crippen molar-refractivity contribution < 1.29 is 27.2 Å². The number of likely N-dealkylation sites (tertiary alicyclic amines) is 1. The molecule has 1 spiro atoms. The van der Waals surface area contributed by atoms with E-state index >= 15 is 0 Å². The monoisotopic (exact) mass is 380 g/mol. The second-order valence-corrected chi connectivity index (χ2v) is 7.74. The summed E-state index contributed by atoms with van der Waals surface area (Å²) in [6, 6.07) is 4.23. The molecule has 2 aliphatic rings. The van der Waals surface area contributed by atoms with Gasteiger partial charge in [0.25, 0.3) is 5.91 Å². The molecule has 1 fully saturated rings. The third kappa shape index (κ3) is 3.11. The zero-order valence-electron chi connectivity index (χ0n) is 14.7. The van der Waals surface area contributed by atoms with Crippen molar-refractivity contribution in [2.75, 3.05) is 13.1 Å². The molecule has 1 aliphatic carbocycles. The van der Waals surface area contributed by atoms with Crippen molar-refractivity contribution in [2.45, 2.75) is 26.4 Å². The van der Waals surface area contributed by atoms with Crippen LogP contribution < -0.4 is 0 Å². The first-order chi connectivity index (χ1) is 12.4. The Morgan fingerprint density at radius 3 is 2.44 bits per heavy atom. The Bertz CT molecular complexity index is 903. The second kappa shape index (κ2) is 5.91. The van der Waals surface area contributed by atoms with E-state index < -0.39 is 39.9 Å². The molecule has 0 saturated carbocycles. The first-order valence-electron chi connectivity index (χ1n) is 8.23. The van der Waals surface area contributed by atoms with Gasteiger partial charge in [-0.1, -0.05) is 26.0 Å². The molecule has 0 unspecified atom stereocenters. The fourth-order valence-corrected chi connectivity index (χ4v) is 4.03. The van der Waals surface area contributed by atoms with Crippen LogP contribution in [-0.4, -0.2) is 29.7 Å². The van der Waals surface area contributed by atoms with Gasteiger partial charge in [0.1, 0.15) is 11.9 Å². The number of nitrogens with zero attached hydrogens (tertiary/aromatic N) is 2. The minimum Gasteiger partial charge on any atom is -0.337 e. The van der Waals surface area contributed by atoms with Crippen LogP contribution in [0, 0.1) is 28.0 Å². The van der Waals surface area contributed by atoms with E-state index in [2.05, 4.69) is 0 Å². The summed E-state index contributed by atoms with van der Waals surface area (Å²) < 4.78 is 53.5. The van der Waals surface area contributed by atoms with Crippen LogP contribution in [0.1, 0.15) is 36.2 Å². The van der Waals surface area contributed by atoms with Gasteiger partial charge in [0.05, 0.1) is 16.7 Å². The van der Waals surface area contributed by atoms with Crippen molar-refractivity contribution in [3.63, 3.8) is 0 Å². The normalized spacial score (nSPS) is 20.7. The predicted octanol–water partition coefficient (Wildman–Crippen LogP) is 3.74. The molecule has 0 N–H and O–H groups in total. The van der Waals surface area contributed by atoms with E-state index in [4.69, 9.17) is 5.26 Å². The molecule has 1 amide bonds. The lowest BCUT2D eigenvalue weighted by Gasteiger charge is -2.53. The Labute approximate surface area is 153 Å². The van der Waals surface area contributed by atoms with Crippen molar-refractivity contribution >= 4 is 11.7 Å². The van der Waals surface area contributed by atoms with Crippen LogP contribution >= 0.6 is 0 Å². The van der Waals surface area contributed by atoms with E-state index in [9.17, 15) is 27.2 Å². The number of Topliss-reactive ketones (excluding diaryl/α,β-unsaturated/α-hetero) is 1. The SMILES string of the molecule is CC1(C)CC2(C=C(C#N)C1=O)CN(C(=O)c1c(F)cccc1C(F)(F)F)C2. The minimum absolute atomic E-state index is 0.0137. The lowest BCUT2D eigenvalue weighted by atomic mass is 9.61. The number of carbonyl (C=O) groups excluding carboxylic acids is 2. The van der Waals surface area contributed by atoms with Crippen molar-refractivity contribution in [2.24, 2.45) is 10.8 Å². The topological polar surface area (TPSA) is 61.2 Å². The molecule has 1 aromatic carbocycles. The first kappa shape index (κ1) is 19.1. The summed E-state index contributed by atoms with van der Waals surface area (Å²) in [4.78, 5) is 25.9. The van der Waals surface area contributed by atoms with Gasteiger partial charge in [-0.2, -0.15) is 18.4 Å². The maximum absolute atomic E-state index is 14.0. The Morgan fingerprint density at radius 1 is 1.26 bits per heavy atom. The summed E-state index contributed by atoms with van der Waals surface area (Å²) in [6.45, 7) is 3.42. The van der Waals surface area contributed by atoms with E-state index in [-0.39, 0.29) is 24.4 Å². The third-order valence-corrected chi connectivity index (χ3v) is 5.06. The number of nitriles is 1. The number of amides is 1. The average Bonchev–Trinajstić information content (AvgIpc) is 2.53. The van der Waals surface area contributed by atoms with E-state index in [1.165, 1.54) is 6.08 Å². The summed E-state index contributed by atoms with van der Waals surface area (Å²) in [5, 5.41) is 9.17. The smallest absolute Gasteiger partial charge is 0.337 e. The Morgan fingerprint density at radius 2 is 1.89 bits per heavy atom. The quantitative estimate of drug-likeness (QED) is 0.698. The molecular formula is C19H16F4N2O2. The average molecular weight is 380 g/mol. The number of ketones is 1. The van der Waals surface area contributed by atoms with Gasteiger partial charge in [-0.15, -0.1) is 0 Å². The van der Waals surface area contributed by atoms with Crippen LogP contribution in [0.3, 0.4) is 0 Å². The fourth-order valence-electron chi connectivity index (χ4n) is 4.03. The van der Waals surface area contributed by atoms with E-state index in [0.717, 1.165) is 17.0 Å². The van der Waals surface area contributed by atoms with Crippen LogP contribution in [0.4, 0.5) is 17.6 Å². The molecular weight excluding hydrogens is 364 g/mol. The summed E-state index contributed by atoms with van der Waals surface area (Å²) in [5.74, 6) is -2.58. The number of carbonyl (C=O) groups is 2. The second-order valence-electron chi connectivity index (χ2n) is 7.74. The van der Waals surface area contributed by atoms with Crippen molar-refractivity contribution in [3.8, 4) is 6.07 Å². The van der Waals surface area contributed by atoms with E-state index in [0.29, 0.717) is 12.5 Å². The molecule has 0 bridgehead atoms. The largest absolute Gasteiger partial charge is 0.417 e. The van der Waals surface area contributed by atoms with Crippen LogP contribution in [0.15, 0.2) is 29.8 Å². The van der Waals surface area contributed by atoms with Crippen LogP contribution in [0.2, 0.25) is 0 Å². The van der Waals surface area contributed by atoms with E-state index in [1.54, 1.807) is 13.8 Å². The van der Waals surface area contributed by atoms with Gasteiger partial charge in [-0.05, 0) is 18.6 Å². The van der Waals surface area contributed by atoms with Crippen LogP contribution in [-0.2, 0) is 11.0 Å². The van der Waals surface area contributed by atoms with Gasteiger partial charge in [0, 0.05) is 23.9 Å². The molecule has 1 saturated heterocycles. The summed E-state index contributed by atoms with van der Waals surface area (Å²) >= 11 is 0. The molecule has 0 aromatic heterocycles. The third-order valence-electron chi connectivity index (χ3n) is 5.06. The van der Waals surface area contributed by atoms with Crippen molar-refractivity contribution in [1.29, 1.82) is 5.26 Å². The van der Waals surface area contributed by atoms with Gasteiger partial charge in [0.2, 0.25) is 0 Å². The highest BCUT2D eigenvalue weighted by atomic mass is 19.4. The van der Waals surface area contributed by atoms with Crippen LogP contribution in [0.25, 0.3) is 0 Å². The standard InChI is InChI=1S/C19H16F4N2O2/c1-17(2)8-18(6-11(7-24)15(17)26)9-25(10-18)16(27)14-12(19(21,22)23)4-3-5-13(14)20/h3-6H,8-10H2,1-2H3. The number of benzene rings is 1. The molecule has 1 aromatic rings. The van der Waals surface area contributed by atoms with E-state index in [1.807, 2.05) is 6.07 Å². The van der Waals surface area contributed by atoms with Gasteiger partial charge >= 0.3 is 6.18 Å². The Balaban J connectivity index is 1.90. The zero-order valence-corrected chi connectivity index (χ0v) is 14.7. The lowest BCUT2D eigenvalue weighted by Crippen LogP contribution is -2.61. The highest BCUT2D eigenvalue weighted by Crippen LogP contribution is 2.48. The Kier molecular flexibility index (Phi) is 4.18. The summed E-state index contributed by atoms with van der Waals surface area (Å²) in [6.07, 6.45) is -3.00. The molecule has 3 rings (SSSR count). The molecule has 1 aliphatic heterocycles. The minimum atomic E-state index is -4.86. The Hall–Kier alpha value is -2.69. The molecule has 4 nitrogen and oxygen atoms in total. The molecule has 0 radical (unpaired) electrons. The molecule has 142 valence electrons. The molecule has 1 heterocycles. The molecule has 0 atom stereocenters. The van der Waals surface area contributed by atoms with Gasteiger partial charge in [-0.3, -0.25) is 9.59 Å². The number of allylic oxidation sites excluding steroid dienone is 1. The molecule has 27 heavy (non-hydrogen) atoms. The maximum atomic E-state index is 14.0. The summed E-state index contributed by atoms with van der Waals surface area (Å²) in [7, 11) is 0. The maximum Gasteiger partial charge on any atom is 0.417 e. The van der Waals surface area contributed by atoms with Crippen LogP contribution in [0.5, 0.6) is 0 Å². The fraction of sp³-hybridized carbons (Fsp3) is 0.421. The zero-order chi connectivity index (χ0) is 20.2. The van der Waals surface area contributed by atoms with Crippen molar-refractivity contribution in [1.82, 2.24) is 4.90 Å². The van der Waals surface area contributed by atoms with Crippen molar-refractivity contribution in [3.05, 3.63) is 46.8 Å². The number of rotatable bonds is 1. The van der Waals surface area contributed by atoms with Gasteiger partial charge < -0.3 is 4.90 Å².